The Labute approximate surface area is 101 Å². The predicted octanol–water partition coefficient (Wildman–Crippen LogP) is 0.160. The molecule has 0 aliphatic rings. The molecule has 0 unspecified atom stereocenters. The second-order valence-electron chi connectivity index (χ2n) is 4.27. The fraction of sp³-hybridized carbons (Fsp3) is 0.636. The van der Waals surface area contributed by atoms with E-state index in [4.69, 9.17) is 5.11 Å². The van der Waals surface area contributed by atoms with Crippen molar-refractivity contribution >= 4 is 5.97 Å². The Morgan fingerprint density at radius 2 is 2.29 bits per heavy atom. The molecule has 1 aromatic heterocycles. The summed E-state index contributed by atoms with van der Waals surface area (Å²) in [6.45, 7) is 2.41. The van der Waals surface area contributed by atoms with Crippen molar-refractivity contribution in [1.82, 2.24) is 20.0 Å². The lowest BCUT2D eigenvalue weighted by molar-refractivity contribution is 0.0695. The maximum atomic E-state index is 10.9. The Hall–Kier alpha value is -1.40. The van der Waals surface area contributed by atoms with Crippen LogP contribution in [-0.4, -0.2) is 52.9 Å². The molecule has 0 aliphatic carbocycles. The van der Waals surface area contributed by atoms with E-state index in [2.05, 4.69) is 15.3 Å². The van der Waals surface area contributed by atoms with Gasteiger partial charge in [0, 0.05) is 13.6 Å². The number of nitrogens with one attached hydrogen (secondary N) is 1. The van der Waals surface area contributed by atoms with Crippen molar-refractivity contribution in [2.75, 3.05) is 27.2 Å². The van der Waals surface area contributed by atoms with Gasteiger partial charge in [-0.2, -0.15) is 5.10 Å². The van der Waals surface area contributed by atoms with Crippen LogP contribution in [0.25, 0.3) is 0 Å². The first-order valence-corrected chi connectivity index (χ1v) is 5.62. The van der Waals surface area contributed by atoms with E-state index in [0.717, 1.165) is 19.5 Å². The summed E-state index contributed by atoms with van der Waals surface area (Å²) >= 11 is 0. The Morgan fingerprint density at radius 3 is 2.88 bits per heavy atom. The van der Waals surface area contributed by atoms with Crippen molar-refractivity contribution in [2.45, 2.75) is 13.0 Å². The first kappa shape index (κ1) is 13.7. The van der Waals surface area contributed by atoms with Crippen LogP contribution in [0.4, 0.5) is 0 Å². The molecule has 1 rings (SSSR count). The molecule has 0 aromatic carbocycles. The lowest BCUT2D eigenvalue weighted by Crippen LogP contribution is -2.22. The summed E-state index contributed by atoms with van der Waals surface area (Å²) in [5, 5.41) is 16.1. The van der Waals surface area contributed by atoms with E-state index in [1.165, 1.54) is 6.20 Å². The fourth-order valence-corrected chi connectivity index (χ4v) is 1.58. The van der Waals surface area contributed by atoms with Crippen LogP contribution >= 0.6 is 0 Å². The van der Waals surface area contributed by atoms with Gasteiger partial charge in [0.25, 0.3) is 0 Å². The van der Waals surface area contributed by atoms with E-state index in [9.17, 15) is 4.79 Å². The van der Waals surface area contributed by atoms with Crippen molar-refractivity contribution in [3.8, 4) is 0 Å². The molecule has 0 saturated carbocycles. The number of hydrogen-bond donors (Lipinski definition) is 2. The van der Waals surface area contributed by atoms with Gasteiger partial charge in [-0.25, -0.2) is 4.79 Å². The minimum Gasteiger partial charge on any atom is -0.478 e. The number of carboxylic acid groups (broad SMARTS) is 1. The minimum atomic E-state index is -0.928. The summed E-state index contributed by atoms with van der Waals surface area (Å²) in [6, 6.07) is 0. The third-order valence-corrected chi connectivity index (χ3v) is 2.54. The molecule has 6 nitrogen and oxygen atoms in total. The summed E-state index contributed by atoms with van der Waals surface area (Å²) in [5.41, 5.74) is 0.981. The molecule has 2 N–H and O–H groups in total. The molecule has 1 heterocycles. The van der Waals surface area contributed by atoms with Gasteiger partial charge in [0.05, 0.1) is 11.9 Å². The normalized spacial score (nSPS) is 11.1. The zero-order valence-corrected chi connectivity index (χ0v) is 10.6. The maximum Gasteiger partial charge on any atom is 0.339 e. The number of aryl methyl sites for hydroxylation is 1. The number of aromatic carboxylic acids is 1. The van der Waals surface area contributed by atoms with Gasteiger partial charge in [-0.1, -0.05) is 0 Å². The van der Waals surface area contributed by atoms with Gasteiger partial charge in [-0.3, -0.25) is 4.68 Å². The Kier molecular flexibility index (Phi) is 5.11. The van der Waals surface area contributed by atoms with Crippen molar-refractivity contribution in [2.24, 2.45) is 7.05 Å². The Balaban J connectivity index is 2.41. The van der Waals surface area contributed by atoms with E-state index >= 15 is 0 Å². The van der Waals surface area contributed by atoms with Gasteiger partial charge in [0.15, 0.2) is 0 Å². The summed E-state index contributed by atoms with van der Waals surface area (Å²) in [4.78, 5) is 13.0. The number of hydrogen-bond acceptors (Lipinski definition) is 4. The Morgan fingerprint density at radius 1 is 1.59 bits per heavy atom. The van der Waals surface area contributed by atoms with E-state index in [0.29, 0.717) is 12.2 Å². The Bertz CT molecular complexity index is 374. The third kappa shape index (κ3) is 4.16. The highest BCUT2D eigenvalue weighted by Gasteiger charge is 2.13. The zero-order chi connectivity index (χ0) is 12.8. The van der Waals surface area contributed by atoms with Crippen molar-refractivity contribution in [3.05, 3.63) is 17.5 Å². The molecule has 17 heavy (non-hydrogen) atoms. The summed E-state index contributed by atoms with van der Waals surface area (Å²) in [7, 11) is 5.82. The molecule has 0 saturated heterocycles. The summed E-state index contributed by atoms with van der Waals surface area (Å²) < 4.78 is 1.60. The molecule has 1 aromatic rings. The van der Waals surface area contributed by atoms with Gasteiger partial charge >= 0.3 is 5.97 Å². The lowest BCUT2D eigenvalue weighted by Gasteiger charge is -2.10. The van der Waals surface area contributed by atoms with Crippen LogP contribution < -0.4 is 5.32 Å². The molecule has 0 amide bonds. The second kappa shape index (κ2) is 6.36. The van der Waals surface area contributed by atoms with Crippen molar-refractivity contribution < 1.29 is 9.90 Å². The fourth-order valence-electron chi connectivity index (χ4n) is 1.58. The number of carbonyl (C=O) groups is 1. The van der Waals surface area contributed by atoms with Gasteiger partial charge in [0.2, 0.25) is 0 Å². The van der Waals surface area contributed by atoms with E-state index in [1.54, 1.807) is 11.7 Å². The molecule has 6 heteroatoms. The summed E-state index contributed by atoms with van der Waals surface area (Å²) in [5.74, 6) is -0.928. The van der Waals surface area contributed by atoms with Gasteiger partial charge in [0.1, 0.15) is 5.56 Å². The van der Waals surface area contributed by atoms with Crippen LogP contribution in [0, 0.1) is 0 Å². The zero-order valence-electron chi connectivity index (χ0n) is 10.6. The van der Waals surface area contributed by atoms with Crippen LogP contribution in [0.2, 0.25) is 0 Å². The number of carboxylic acids is 1. The highest BCUT2D eigenvalue weighted by Crippen LogP contribution is 2.06. The highest BCUT2D eigenvalue weighted by molar-refractivity contribution is 5.88. The van der Waals surface area contributed by atoms with Gasteiger partial charge < -0.3 is 15.3 Å². The van der Waals surface area contributed by atoms with Crippen LogP contribution in [0.3, 0.4) is 0 Å². The first-order valence-electron chi connectivity index (χ1n) is 5.62. The topological polar surface area (TPSA) is 70.4 Å². The molecule has 0 radical (unpaired) electrons. The van der Waals surface area contributed by atoms with Crippen LogP contribution in [0.15, 0.2) is 6.20 Å². The average Bonchev–Trinajstić information content (AvgIpc) is 2.59. The number of aromatic nitrogens is 2. The molecule has 0 aliphatic heterocycles. The average molecular weight is 240 g/mol. The molecular weight excluding hydrogens is 220 g/mol. The second-order valence-corrected chi connectivity index (χ2v) is 4.27. The molecule has 0 atom stereocenters. The molecule has 0 bridgehead atoms. The van der Waals surface area contributed by atoms with Gasteiger partial charge in [-0.15, -0.1) is 0 Å². The molecular formula is C11H20N4O2. The highest BCUT2D eigenvalue weighted by atomic mass is 16.4. The molecule has 0 fully saturated rings. The van der Waals surface area contributed by atoms with E-state index in [-0.39, 0.29) is 5.56 Å². The lowest BCUT2D eigenvalue weighted by atomic mass is 10.2. The third-order valence-electron chi connectivity index (χ3n) is 2.54. The molecule has 96 valence electrons. The standard InChI is InChI=1S/C11H20N4O2/c1-14(2)6-4-5-12-8-10-9(11(16)17)7-13-15(10)3/h7,12H,4-6,8H2,1-3H3,(H,16,17). The monoisotopic (exact) mass is 240 g/mol. The number of rotatable bonds is 7. The van der Waals surface area contributed by atoms with Crippen molar-refractivity contribution in [3.63, 3.8) is 0 Å². The largest absolute Gasteiger partial charge is 0.478 e. The minimum absolute atomic E-state index is 0.271. The van der Waals surface area contributed by atoms with Crippen LogP contribution in [0.1, 0.15) is 22.5 Å². The SMILES string of the molecule is CN(C)CCCNCc1c(C(=O)O)cnn1C. The smallest absolute Gasteiger partial charge is 0.339 e. The van der Waals surface area contributed by atoms with Crippen LogP contribution in [0.5, 0.6) is 0 Å². The van der Waals surface area contributed by atoms with Gasteiger partial charge in [-0.05, 0) is 33.6 Å². The van der Waals surface area contributed by atoms with E-state index in [1.807, 2.05) is 14.1 Å². The van der Waals surface area contributed by atoms with Crippen molar-refractivity contribution in [1.29, 1.82) is 0 Å². The van der Waals surface area contributed by atoms with E-state index < -0.39 is 5.97 Å². The van der Waals surface area contributed by atoms with Crippen LogP contribution in [-0.2, 0) is 13.6 Å². The molecule has 0 spiro atoms. The number of nitrogens with zero attached hydrogens (tertiary/aromatic N) is 3. The quantitative estimate of drug-likeness (QED) is 0.664. The predicted molar refractivity (Wildman–Crippen MR) is 65.0 cm³/mol. The first-order chi connectivity index (χ1) is 8.02. The maximum absolute atomic E-state index is 10.9. The summed E-state index contributed by atoms with van der Waals surface area (Å²) in [6.07, 6.45) is 2.42.